The zero-order chi connectivity index (χ0) is 19.6. The molecule has 3 rings (SSSR count). The van der Waals surface area contributed by atoms with E-state index in [1.807, 2.05) is 19.1 Å². The number of thioether (sulfide) groups is 1. The molecule has 0 saturated carbocycles. The minimum absolute atomic E-state index is 0.00255. The van der Waals surface area contributed by atoms with Gasteiger partial charge in [0.05, 0.1) is 10.6 Å². The molecule has 1 aliphatic rings. The minimum atomic E-state index is -0.450. The van der Waals surface area contributed by atoms with Crippen LogP contribution < -0.4 is 0 Å². The highest BCUT2D eigenvalue weighted by Gasteiger charge is 2.26. The van der Waals surface area contributed by atoms with Gasteiger partial charge in [-0.15, -0.1) is 0 Å². The molecule has 0 radical (unpaired) electrons. The smallest absolute Gasteiger partial charge is 0.272 e. The van der Waals surface area contributed by atoms with E-state index in [0.717, 1.165) is 17.7 Å². The molecule has 0 bridgehead atoms. The molecular formula is C19H18ClN3O3S. The van der Waals surface area contributed by atoms with Gasteiger partial charge in [-0.2, -0.15) is 0 Å². The van der Waals surface area contributed by atoms with Crippen LogP contribution in [0.15, 0.2) is 41.4 Å². The average molecular weight is 404 g/mol. The first-order chi connectivity index (χ1) is 12.9. The molecule has 0 aromatic heterocycles. The number of aliphatic imine (C=N–C) groups is 1. The largest absolute Gasteiger partial charge is 0.287 e. The van der Waals surface area contributed by atoms with Crippen molar-refractivity contribution in [3.8, 4) is 0 Å². The molecule has 2 aromatic rings. The Morgan fingerprint density at radius 3 is 2.67 bits per heavy atom. The Morgan fingerprint density at radius 1 is 1.22 bits per heavy atom. The number of nitrogens with zero attached hydrogens (tertiary/aromatic N) is 3. The Labute approximate surface area is 166 Å². The lowest BCUT2D eigenvalue weighted by Crippen LogP contribution is -2.39. The number of benzene rings is 2. The van der Waals surface area contributed by atoms with Crippen molar-refractivity contribution in [2.75, 3.05) is 12.3 Å². The van der Waals surface area contributed by atoms with Crippen molar-refractivity contribution in [2.24, 2.45) is 4.99 Å². The van der Waals surface area contributed by atoms with Gasteiger partial charge in [-0.3, -0.25) is 19.8 Å². The van der Waals surface area contributed by atoms with Crippen molar-refractivity contribution in [2.45, 2.75) is 20.3 Å². The molecule has 0 N–H and O–H groups in total. The van der Waals surface area contributed by atoms with E-state index in [-0.39, 0.29) is 11.6 Å². The Morgan fingerprint density at radius 2 is 2.00 bits per heavy atom. The number of amidine groups is 1. The van der Waals surface area contributed by atoms with E-state index in [0.29, 0.717) is 33.5 Å². The first kappa shape index (κ1) is 19.4. The fourth-order valence-corrected chi connectivity index (χ4v) is 3.88. The van der Waals surface area contributed by atoms with Crippen LogP contribution in [-0.4, -0.2) is 33.2 Å². The van der Waals surface area contributed by atoms with Crippen LogP contribution in [0.1, 0.15) is 27.9 Å². The summed E-state index contributed by atoms with van der Waals surface area (Å²) in [6.45, 7) is 4.10. The summed E-state index contributed by atoms with van der Waals surface area (Å²) < 4.78 is 0. The molecule has 27 heavy (non-hydrogen) atoms. The SMILES string of the molecule is Cc1ccc(N=C2SCCCN2C(=O)c2ccc([N+](=O)[O-])c(C)c2)cc1Cl. The minimum Gasteiger partial charge on any atom is -0.287 e. The van der Waals surface area contributed by atoms with E-state index >= 15 is 0 Å². The Bertz CT molecular complexity index is 946. The maximum absolute atomic E-state index is 13.0. The summed E-state index contributed by atoms with van der Waals surface area (Å²) >= 11 is 7.69. The van der Waals surface area contributed by atoms with E-state index < -0.39 is 4.92 Å². The van der Waals surface area contributed by atoms with Crippen molar-refractivity contribution >= 4 is 45.8 Å². The van der Waals surface area contributed by atoms with Crippen LogP contribution in [0, 0.1) is 24.0 Å². The highest BCUT2D eigenvalue weighted by Crippen LogP contribution is 2.28. The second-order valence-electron chi connectivity index (χ2n) is 6.25. The molecule has 1 fully saturated rings. The van der Waals surface area contributed by atoms with Gasteiger partial charge in [-0.25, -0.2) is 4.99 Å². The predicted molar refractivity (Wildman–Crippen MR) is 109 cm³/mol. The van der Waals surface area contributed by atoms with Crippen LogP contribution in [-0.2, 0) is 0 Å². The lowest BCUT2D eigenvalue weighted by Gasteiger charge is -2.28. The predicted octanol–water partition coefficient (Wildman–Crippen LogP) is 5.13. The van der Waals surface area contributed by atoms with Crippen molar-refractivity contribution in [1.29, 1.82) is 0 Å². The molecule has 0 unspecified atom stereocenters. The van der Waals surface area contributed by atoms with Crippen molar-refractivity contribution in [1.82, 2.24) is 4.90 Å². The normalized spacial score (nSPS) is 15.8. The fraction of sp³-hybridized carbons (Fsp3) is 0.263. The standard InChI is InChI=1S/C19H18ClN3O3S/c1-12-4-6-15(11-16(12)20)21-19-22(8-3-9-27-19)18(24)14-5-7-17(23(25)26)13(2)10-14/h4-7,10-11H,3,8-9H2,1-2H3. The summed E-state index contributed by atoms with van der Waals surface area (Å²) in [5, 5.41) is 12.2. The van der Waals surface area contributed by atoms with Gasteiger partial charge >= 0.3 is 0 Å². The number of hydrogen-bond donors (Lipinski definition) is 0. The third kappa shape index (κ3) is 4.31. The van der Waals surface area contributed by atoms with Crippen molar-refractivity contribution in [3.63, 3.8) is 0 Å². The average Bonchev–Trinajstić information content (AvgIpc) is 2.64. The molecule has 6 nitrogen and oxygen atoms in total. The molecule has 0 atom stereocenters. The molecule has 1 aliphatic heterocycles. The third-order valence-electron chi connectivity index (χ3n) is 4.25. The number of hydrogen-bond acceptors (Lipinski definition) is 5. The van der Waals surface area contributed by atoms with Gasteiger partial charge in [0.2, 0.25) is 0 Å². The number of carbonyl (C=O) groups is 1. The number of nitro groups is 1. The highest BCUT2D eigenvalue weighted by atomic mass is 35.5. The molecule has 0 spiro atoms. The Kier molecular flexibility index (Phi) is 5.82. The highest BCUT2D eigenvalue weighted by molar-refractivity contribution is 8.13. The van der Waals surface area contributed by atoms with Crippen LogP contribution >= 0.6 is 23.4 Å². The summed E-state index contributed by atoms with van der Waals surface area (Å²) in [6, 6.07) is 9.95. The van der Waals surface area contributed by atoms with Crippen molar-refractivity contribution < 1.29 is 9.72 Å². The molecular weight excluding hydrogens is 386 g/mol. The van der Waals surface area contributed by atoms with Gasteiger partial charge in [-0.05, 0) is 50.1 Å². The van der Waals surface area contributed by atoms with E-state index in [1.165, 1.54) is 23.9 Å². The molecule has 0 aliphatic carbocycles. The maximum Gasteiger partial charge on any atom is 0.272 e. The van der Waals surface area contributed by atoms with E-state index in [4.69, 9.17) is 11.6 Å². The summed E-state index contributed by atoms with van der Waals surface area (Å²) in [5.41, 5.74) is 2.52. The first-order valence-electron chi connectivity index (χ1n) is 8.41. The Balaban J connectivity index is 1.91. The van der Waals surface area contributed by atoms with Gasteiger partial charge < -0.3 is 0 Å². The Hall–Kier alpha value is -2.38. The molecule has 8 heteroatoms. The number of aryl methyl sites for hydroxylation is 2. The summed E-state index contributed by atoms with van der Waals surface area (Å²) in [7, 11) is 0. The number of nitro benzene ring substituents is 1. The molecule has 2 aromatic carbocycles. The van der Waals surface area contributed by atoms with Crippen LogP contribution in [0.3, 0.4) is 0 Å². The second-order valence-corrected chi connectivity index (χ2v) is 7.71. The molecule has 140 valence electrons. The quantitative estimate of drug-likeness (QED) is 0.525. The first-order valence-corrected chi connectivity index (χ1v) is 9.77. The summed E-state index contributed by atoms with van der Waals surface area (Å²) in [5.74, 6) is 0.666. The van der Waals surface area contributed by atoms with Gasteiger partial charge in [0.25, 0.3) is 11.6 Å². The number of halogens is 1. The van der Waals surface area contributed by atoms with E-state index in [2.05, 4.69) is 4.99 Å². The van der Waals surface area contributed by atoms with Crippen LogP contribution in [0.4, 0.5) is 11.4 Å². The number of carbonyl (C=O) groups excluding carboxylic acids is 1. The maximum atomic E-state index is 13.0. The zero-order valence-corrected chi connectivity index (χ0v) is 16.5. The van der Waals surface area contributed by atoms with Gasteiger partial charge in [0, 0.05) is 34.5 Å². The van der Waals surface area contributed by atoms with E-state index in [9.17, 15) is 14.9 Å². The topological polar surface area (TPSA) is 75.8 Å². The van der Waals surface area contributed by atoms with E-state index in [1.54, 1.807) is 24.0 Å². The molecule has 1 heterocycles. The van der Waals surface area contributed by atoms with Crippen LogP contribution in [0.25, 0.3) is 0 Å². The molecule has 1 amide bonds. The second kappa shape index (κ2) is 8.10. The van der Waals surface area contributed by atoms with Crippen LogP contribution in [0.5, 0.6) is 0 Å². The van der Waals surface area contributed by atoms with Crippen LogP contribution in [0.2, 0.25) is 5.02 Å². The van der Waals surface area contributed by atoms with Gasteiger partial charge in [-0.1, -0.05) is 29.4 Å². The molecule has 1 saturated heterocycles. The summed E-state index contributed by atoms with van der Waals surface area (Å²) in [4.78, 5) is 29.8. The fourth-order valence-electron chi connectivity index (χ4n) is 2.75. The lowest BCUT2D eigenvalue weighted by atomic mass is 10.1. The number of rotatable bonds is 3. The zero-order valence-electron chi connectivity index (χ0n) is 14.9. The lowest BCUT2D eigenvalue weighted by molar-refractivity contribution is -0.385. The number of amides is 1. The van der Waals surface area contributed by atoms with Gasteiger partial charge in [0.1, 0.15) is 0 Å². The van der Waals surface area contributed by atoms with Gasteiger partial charge in [0.15, 0.2) is 5.17 Å². The monoisotopic (exact) mass is 403 g/mol. The van der Waals surface area contributed by atoms with Crippen molar-refractivity contribution in [3.05, 3.63) is 68.2 Å². The third-order valence-corrected chi connectivity index (χ3v) is 5.72. The summed E-state index contributed by atoms with van der Waals surface area (Å²) in [6.07, 6.45) is 0.857.